The fourth-order valence-electron chi connectivity index (χ4n) is 4.05. The Morgan fingerprint density at radius 2 is 1.59 bits per heavy atom. The molecule has 2 N–H and O–H groups in total. The second-order valence-electron chi connectivity index (χ2n) is 8.48. The van der Waals surface area contributed by atoms with Gasteiger partial charge in [-0.1, -0.05) is 24.3 Å². The molecule has 0 radical (unpaired) electrons. The second kappa shape index (κ2) is 10.1. The largest absolute Gasteiger partial charge is 0.393 e. The summed E-state index contributed by atoms with van der Waals surface area (Å²) in [5, 5.41) is 12.7. The fourth-order valence-corrected chi connectivity index (χ4v) is 4.05. The van der Waals surface area contributed by atoms with Crippen molar-refractivity contribution in [1.29, 1.82) is 0 Å². The zero-order valence-corrected chi connectivity index (χ0v) is 17.6. The molecule has 29 heavy (non-hydrogen) atoms. The van der Waals surface area contributed by atoms with Crippen molar-refractivity contribution >= 4 is 11.9 Å². The Balaban J connectivity index is 1.40. The van der Waals surface area contributed by atoms with Crippen molar-refractivity contribution < 1.29 is 14.7 Å². The van der Waals surface area contributed by atoms with Crippen molar-refractivity contribution in [3.63, 3.8) is 0 Å². The highest BCUT2D eigenvalue weighted by Crippen LogP contribution is 2.19. The fraction of sp³-hybridized carbons (Fsp3) is 0.636. The summed E-state index contributed by atoms with van der Waals surface area (Å²) in [7, 11) is 3.51. The average molecular weight is 403 g/mol. The number of piperidine rings is 2. The molecule has 2 aliphatic rings. The standard InChI is InChI=1S/C22H34N4O3/c1-24(2)22(29)26-13-7-19(8-14-26)21(28)23-15-17-3-5-18(6-4-17)16-25-11-9-20(27)10-12-25/h3-6,19-20,27H,7-16H2,1-2H3,(H,23,28). The highest BCUT2D eigenvalue weighted by atomic mass is 16.3. The van der Waals surface area contributed by atoms with Crippen molar-refractivity contribution in [3.8, 4) is 0 Å². The summed E-state index contributed by atoms with van der Waals surface area (Å²) in [6, 6.07) is 8.42. The number of carbonyl (C=O) groups excluding carboxylic acids is 2. The lowest BCUT2D eigenvalue weighted by molar-refractivity contribution is -0.126. The van der Waals surface area contributed by atoms with Crippen molar-refractivity contribution in [3.05, 3.63) is 35.4 Å². The summed E-state index contributed by atoms with van der Waals surface area (Å²) in [6.07, 6.45) is 3.00. The Morgan fingerprint density at radius 1 is 1.00 bits per heavy atom. The topological polar surface area (TPSA) is 76.1 Å². The van der Waals surface area contributed by atoms with Crippen molar-refractivity contribution in [2.75, 3.05) is 40.3 Å². The van der Waals surface area contributed by atoms with Gasteiger partial charge in [0, 0.05) is 59.3 Å². The molecule has 160 valence electrons. The van der Waals surface area contributed by atoms with E-state index in [1.165, 1.54) is 5.56 Å². The summed E-state index contributed by atoms with van der Waals surface area (Å²) < 4.78 is 0. The Kier molecular flexibility index (Phi) is 7.50. The molecule has 0 aliphatic carbocycles. The first-order chi connectivity index (χ1) is 13.9. The van der Waals surface area contributed by atoms with E-state index in [4.69, 9.17) is 0 Å². The number of carbonyl (C=O) groups is 2. The van der Waals surface area contributed by atoms with Crippen LogP contribution >= 0.6 is 0 Å². The van der Waals surface area contributed by atoms with Gasteiger partial charge >= 0.3 is 6.03 Å². The van der Waals surface area contributed by atoms with Gasteiger partial charge in [0.25, 0.3) is 0 Å². The number of rotatable bonds is 5. The maximum Gasteiger partial charge on any atom is 0.319 e. The SMILES string of the molecule is CN(C)C(=O)N1CCC(C(=O)NCc2ccc(CN3CCC(O)CC3)cc2)CC1. The number of likely N-dealkylation sites (tertiary alicyclic amines) is 2. The molecular weight excluding hydrogens is 368 g/mol. The Morgan fingerprint density at radius 3 is 2.17 bits per heavy atom. The highest BCUT2D eigenvalue weighted by molar-refractivity contribution is 5.79. The molecule has 0 aromatic heterocycles. The number of nitrogens with zero attached hydrogens (tertiary/aromatic N) is 3. The van der Waals surface area contributed by atoms with Gasteiger partial charge in [-0.25, -0.2) is 4.79 Å². The van der Waals surface area contributed by atoms with Gasteiger partial charge in [0.1, 0.15) is 0 Å². The van der Waals surface area contributed by atoms with Crippen LogP contribution in [0.3, 0.4) is 0 Å². The third kappa shape index (κ3) is 6.18. The molecule has 2 fully saturated rings. The molecule has 1 aromatic rings. The van der Waals surface area contributed by atoms with E-state index < -0.39 is 0 Å². The number of benzene rings is 1. The Labute approximate surface area is 173 Å². The minimum Gasteiger partial charge on any atom is -0.393 e. The van der Waals surface area contributed by atoms with Crippen LogP contribution < -0.4 is 5.32 Å². The predicted molar refractivity (Wildman–Crippen MR) is 112 cm³/mol. The molecule has 0 unspecified atom stereocenters. The van der Waals surface area contributed by atoms with E-state index in [0.717, 1.165) is 50.9 Å². The second-order valence-corrected chi connectivity index (χ2v) is 8.48. The van der Waals surface area contributed by atoms with Gasteiger partial charge in [0.2, 0.25) is 5.91 Å². The molecule has 0 spiro atoms. The van der Waals surface area contributed by atoms with E-state index in [2.05, 4.69) is 34.5 Å². The van der Waals surface area contributed by atoms with Crippen LogP contribution in [0.25, 0.3) is 0 Å². The van der Waals surface area contributed by atoms with Gasteiger partial charge in [0.15, 0.2) is 0 Å². The third-order valence-corrected chi connectivity index (χ3v) is 5.97. The quantitative estimate of drug-likeness (QED) is 0.785. The number of urea groups is 1. The summed E-state index contributed by atoms with van der Waals surface area (Å²) >= 11 is 0. The number of hydrogen-bond donors (Lipinski definition) is 2. The van der Waals surface area contributed by atoms with Crippen LogP contribution in [0.5, 0.6) is 0 Å². The van der Waals surface area contributed by atoms with Gasteiger partial charge in [-0.05, 0) is 36.8 Å². The van der Waals surface area contributed by atoms with Crippen molar-refractivity contribution in [1.82, 2.24) is 20.0 Å². The number of aliphatic hydroxyl groups is 1. The lowest BCUT2D eigenvalue weighted by atomic mass is 9.96. The van der Waals surface area contributed by atoms with Crippen LogP contribution in [0.15, 0.2) is 24.3 Å². The monoisotopic (exact) mass is 402 g/mol. The van der Waals surface area contributed by atoms with Crippen molar-refractivity contribution in [2.24, 2.45) is 5.92 Å². The van der Waals surface area contributed by atoms with Gasteiger partial charge in [-0.15, -0.1) is 0 Å². The molecule has 7 nitrogen and oxygen atoms in total. The van der Waals surface area contributed by atoms with E-state index in [0.29, 0.717) is 19.6 Å². The minimum absolute atomic E-state index is 0.0182. The van der Waals surface area contributed by atoms with Crippen LogP contribution in [-0.4, -0.2) is 78.1 Å². The van der Waals surface area contributed by atoms with Gasteiger partial charge in [0.05, 0.1) is 6.10 Å². The van der Waals surface area contributed by atoms with E-state index in [1.807, 2.05) is 4.90 Å². The van der Waals surface area contributed by atoms with Gasteiger partial charge < -0.3 is 20.2 Å². The molecule has 1 aromatic carbocycles. The van der Waals surface area contributed by atoms with Gasteiger partial charge in [-0.3, -0.25) is 9.69 Å². The molecule has 0 atom stereocenters. The molecule has 3 amide bonds. The molecule has 0 bridgehead atoms. The molecular formula is C22H34N4O3. The number of amides is 3. The summed E-state index contributed by atoms with van der Waals surface area (Å²) in [5.74, 6) is 0.0628. The third-order valence-electron chi connectivity index (χ3n) is 5.97. The Hall–Kier alpha value is -2.12. The molecule has 3 rings (SSSR count). The molecule has 2 aliphatic heterocycles. The number of aliphatic hydroxyl groups excluding tert-OH is 1. The zero-order chi connectivity index (χ0) is 20.8. The lowest BCUT2D eigenvalue weighted by Gasteiger charge is -2.33. The van der Waals surface area contributed by atoms with E-state index in [9.17, 15) is 14.7 Å². The van der Waals surface area contributed by atoms with E-state index in [-0.39, 0.29) is 24.0 Å². The number of nitrogens with one attached hydrogen (secondary N) is 1. The first kappa shape index (κ1) is 21.6. The molecule has 7 heteroatoms. The number of hydrogen-bond acceptors (Lipinski definition) is 4. The normalized spacial score (nSPS) is 19.2. The van der Waals surface area contributed by atoms with Crippen LogP contribution in [0.1, 0.15) is 36.8 Å². The minimum atomic E-state index is -0.141. The first-order valence-corrected chi connectivity index (χ1v) is 10.6. The maximum absolute atomic E-state index is 12.5. The predicted octanol–water partition coefficient (Wildman–Crippen LogP) is 1.65. The maximum atomic E-state index is 12.5. The highest BCUT2D eigenvalue weighted by Gasteiger charge is 2.27. The van der Waals surface area contributed by atoms with E-state index >= 15 is 0 Å². The summed E-state index contributed by atoms with van der Waals surface area (Å²) in [6.45, 7) is 4.60. The Bertz CT molecular complexity index is 676. The van der Waals surface area contributed by atoms with Crippen LogP contribution in [-0.2, 0) is 17.9 Å². The van der Waals surface area contributed by atoms with Crippen LogP contribution in [0.2, 0.25) is 0 Å². The van der Waals surface area contributed by atoms with Crippen molar-refractivity contribution in [2.45, 2.75) is 44.9 Å². The lowest BCUT2D eigenvalue weighted by Crippen LogP contribution is -2.46. The summed E-state index contributed by atoms with van der Waals surface area (Å²) in [4.78, 5) is 30.2. The summed E-state index contributed by atoms with van der Waals surface area (Å²) in [5.41, 5.74) is 2.35. The van der Waals surface area contributed by atoms with Crippen LogP contribution in [0.4, 0.5) is 4.79 Å². The van der Waals surface area contributed by atoms with Crippen LogP contribution in [0, 0.1) is 5.92 Å². The molecule has 2 heterocycles. The van der Waals surface area contributed by atoms with Gasteiger partial charge in [-0.2, -0.15) is 0 Å². The zero-order valence-electron chi connectivity index (χ0n) is 17.6. The molecule has 2 saturated heterocycles. The molecule has 0 saturated carbocycles. The van der Waals surface area contributed by atoms with E-state index in [1.54, 1.807) is 19.0 Å². The smallest absolute Gasteiger partial charge is 0.319 e. The first-order valence-electron chi connectivity index (χ1n) is 10.6. The average Bonchev–Trinajstić information content (AvgIpc) is 2.74.